The topological polar surface area (TPSA) is 125 Å². The van der Waals surface area contributed by atoms with Crippen LogP contribution in [0.3, 0.4) is 0 Å². The summed E-state index contributed by atoms with van der Waals surface area (Å²) in [7, 11) is 0. The van der Waals surface area contributed by atoms with E-state index >= 15 is 0 Å². The second-order valence-electron chi connectivity index (χ2n) is 4.40. The Labute approximate surface area is 129 Å². The molecule has 9 nitrogen and oxygen atoms in total. The molecule has 118 valence electrons. The summed E-state index contributed by atoms with van der Waals surface area (Å²) >= 11 is 0. The summed E-state index contributed by atoms with van der Waals surface area (Å²) in [5, 5.41) is 23.7. The molecule has 2 aromatic rings. The van der Waals surface area contributed by atoms with E-state index in [1.807, 2.05) is 0 Å². The molecule has 0 aromatic heterocycles. The van der Waals surface area contributed by atoms with Crippen molar-refractivity contribution in [3.05, 3.63) is 68.8 Å². The average Bonchev–Trinajstić information content (AvgIpc) is 2.53. The van der Waals surface area contributed by atoms with Crippen LogP contribution in [0.1, 0.15) is 0 Å². The molecule has 23 heavy (non-hydrogen) atoms. The summed E-state index contributed by atoms with van der Waals surface area (Å²) in [6.07, 6.45) is 0. The second-order valence-corrected chi connectivity index (χ2v) is 4.40. The lowest BCUT2D eigenvalue weighted by molar-refractivity contribution is -0.385. The largest absolute Gasteiger partial charge is 0.484 e. The van der Waals surface area contributed by atoms with Gasteiger partial charge in [0.1, 0.15) is 5.75 Å². The number of nitro benzene ring substituents is 2. The van der Waals surface area contributed by atoms with Crippen molar-refractivity contribution < 1.29 is 19.4 Å². The van der Waals surface area contributed by atoms with E-state index in [2.05, 4.69) is 5.32 Å². The number of carbonyl (C=O) groups is 1. The molecule has 1 amide bonds. The summed E-state index contributed by atoms with van der Waals surface area (Å²) in [6, 6.07) is 10.9. The zero-order chi connectivity index (χ0) is 16.8. The zero-order valence-corrected chi connectivity index (χ0v) is 11.7. The number of non-ortho nitro benzene ring substituents is 2. The Balaban J connectivity index is 1.95. The number of anilines is 1. The van der Waals surface area contributed by atoms with E-state index in [1.165, 1.54) is 48.5 Å². The van der Waals surface area contributed by atoms with Crippen LogP contribution in [0.4, 0.5) is 17.1 Å². The van der Waals surface area contributed by atoms with Gasteiger partial charge in [0.2, 0.25) is 0 Å². The molecule has 0 unspecified atom stereocenters. The van der Waals surface area contributed by atoms with Crippen molar-refractivity contribution in [1.29, 1.82) is 0 Å². The second kappa shape index (κ2) is 6.98. The van der Waals surface area contributed by atoms with Gasteiger partial charge in [-0.2, -0.15) is 0 Å². The van der Waals surface area contributed by atoms with Crippen LogP contribution in [0.15, 0.2) is 48.5 Å². The number of rotatable bonds is 6. The summed E-state index contributed by atoms with van der Waals surface area (Å²) in [6.45, 7) is -0.385. The van der Waals surface area contributed by atoms with Gasteiger partial charge < -0.3 is 10.1 Å². The number of ether oxygens (including phenoxy) is 1. The van der Waals surface area contributed by atoms with Gasteiger partial charge in [-0.25, -0.2) is 0 Å². The first-order valence-corrected chi connectivity index (χ1v) is 6.37. The van der Waals surface area contributed by atoms with Crippen molar-refractivity contribution in [1.82, 2.24) is 0 Å². The first-order valence-electron chi connectivity index (χ1n) is 6.37. The lowest BCUT2D eigenvalue weighted by Crippen LogP contribution is -2.20. The maximum absolute atomic E-state index is 11.7. The van der Waals surface area contributed by atoms with Crippen molar-refractivity contribution in [2.24, 2.45) is 0 Å². The highest BCUT2D eigenvalue weighted by atomic mass is 16.6. The van der Waals surface area contributed by atoms with Crippen molar-refractivity contribution >= 4 is 23.0 Å². The minimum Gasteiger partial charge on any atom is -0.484 e. The molecular formula is C14H11N3O6. The molecule has 0 bridgehead atoms. The molecule has 0 aliphatic carbocycles. The first kappa shape index (κ1) is 15.9. The Morgan fingerprint density at radius 3 is 2.26 bits per heavy atom. The van der Waals surface area contributed by atoms with E-state index in [4.69, 9.17) is 4.74 Å². The Morgan fingerprint density at radius 2 is 1.61 bits per heavy atom. The third kappa shape index (κ3) is 4.49. The number of nitrogens with zero attached hydrogens (tertiary/aromatic N) is 2. The molecule has 1 N–H and O–H groups in total. The maximum atomic E-state index is 11.7. The lowest BCUT2D eigenvalue weighted by Gasteiger charge is -2.07. The van der Waals surface area contributed by atoms with Crippen LogP contribution in [0.5, 0.6) is 5.75 Å². The van der Waals surface area contributed by atoms with Crippen LogP contribution in [0.2, 0.25) is 0 Å². The summed E-state index contributed by atoms with van der Waals surface area (Å²) in [4.78, 5) is 31.9. The van der Waals surface area contributed by atoms with Crippen LogP contribution in [-0.2, 0) is 4.79 Å². The molecule has 9 heteroatoms. The predicted molar refractivity (Wildman–Crippen MR) is 80.3 cm³/mol. The predicted octanol–water partition coefficient (Wildman–Crippen LogP) is 2.52. The Kier molecular flexibility index (Phi) is 4.82. The van der Waals surface area contributed by atoms with Crippen molar-refractivity contribution in [3.8, 4) is 5.75 Å². The smallest absolute Gasteiger partial charge is 0.273 e. The van der Waals surface area contributed by atoms with Crippen molar-refractivity contribution in [3.63, 3.8) is 0 Å². The lowest BCUT2D eigenvalue weighted by atomic mass is 10.3. The molecule has 0 radical (unpaired) electrons. The van der Waals surface area contributed by atoms with Gasteiger partial charge in [0.25, 0.3) is 17.3 Å². The van der Waals surface area contributed by atoms with E-state index < -0.39 is 15.8 Å². The molecule has 2 rings (SSSR count). The normalized spacial score (nSPS) is 9.91. The van der Waals surface area contributed by atoms with E-state index in [-0.39, 0.29) is 29.4 Å². The SMILES string of the molecule is O=C(COc1cccc([N+](=O)[O-])c1)Nc1cccc([N+](=O)[O-])c1. The molecule has 0 aliphatic heterocycles. The van der Waals surface area contributed by atoms with Gasteiger partial charge in [-0.3, -0.25) is 25.0 Å². The Bertz CT molecular complexity index is 762. The molecule has 0 saturated carbocycles. The van der Waals surface area contributed by atoms with Gasteiger partial charge in [-0.15, -0.1) is 0 Å². The number of carbonyl (C=O) groups excluding carboxylic acids is 1. The van der Waals surface area contributed by atoms with Gasteiger partial charge in [0, 0.05) is 23.9 Å². The Hall–Kier alpha value is -3.49. The third-order valence-corrected chi connectivity index (χ3v) is 2.74. The van der Waals surface area contributed by atoms with Crippen LogP contribution in [-0.4, -0.2) is 22.4 Å². The molecule has 0 heterocycles. The van der Waals surface area contributed by atoms with E-state index in [1.54, 1.807) is 0 Å². The fourth-order valence-electron chi connectivity index (χ4n) is 1.73. The molecule has 0 fully saturated rings. The monoisotopic (exact) mass is 317 g/mol. The van der Waals surface area contributed by atoms with E-state index in [9.17, 15) is 25.0 Å². The third-order valence-electron chi connectivity index (χ3n) is 2.74. The highest BCUT2D eigenvalue weighted by molar-refractivity contribution is 5.92. The molecular weight excluding hydrogens is 306 g/mol. The van der Waals surface area contributed by atoms with Crippen molar-refractivity contribution in [2.75, 3.05) is 11.9 Å². The van der Waals surface area contributed by atoms with Gasteiger partial charge in [-0.05, 0) is 12.1 Å². The molecule has 0 saturated heterocycles. The van der Waals surface area contributed by atoms with E-state index in [0.29, 0.717) is 0 Å². The fraction of sp³-hybridized carbons (Fsp3) is 0.0714. The molecule has 0 atom stereocenters. The van der Waals surface area contributed by atoms with Crippen LogP contribution >= 0.6 is 0 Å². The van der Waals surface area contributed by atoms with Gasteiger partial charge >= 0.3 is 0 Å². The van der Waals surface area contributed by atoms with Crippen LogP contribution < -0.4 is 10.1 Å². The van der Waals surface area contributed by atoms with Gasteiger partial charge in [-0.1, -0.05) is 12.1 Å². The van der Waals surface area contributed by atoms with Gasteiger partial charge in [0.05, 0.1) is 15.9 Å². The van der Waals surface area contributed by atoms with Gasteiger partial charge in [0.15, 0.2) is 6.61 Å². The Morgan fingerprint density at radius 1 is 1.00 bits per heavy atom. The molecule has 0 aliphatic rings. The van der Waals surface area contributed by atoms with Crippen LogP contribution in [0, 0.1) is 20.2 Å². The van der Waals surface area contributed by atoms with Crippen LogP contribution in [0.25, 0.3) is 0 Å². The molecule has 0 spiro atoms. The number of hydrogen-bond acceptors (Lipinski definition) is 6. The summed E-state index contributed by atoms with van der Waals surface area (Å²) < 4.78 is 5.16. The summed E-state index contributed by atoms with van der Waals surface area (Å²) in [5.41, 5.74) is -0.0455. The fourth-order valence-corrected chi connectivity index (χ4v) is 1.73. The number of amides is 1. The number of nitro groups is 2. The summed E-state index contributed by atoms with van der Waals surface area (Å²) in [5.74, 6) is -0.370. The number of nitrogens with one attached hydrogen (secondary N) is 1. The highest BCUT2D eigenvalue weighted by Gasteiger charge is 2.10. The maximum Gasteiger partial charge on any atom is 0.273 e. The highest BCUT2D eigenvalue weighted by Crippen LogP contribution is 2.19. The standard InChI is InChI=1S/C14H11N3O6/c18-14(15-10-3-1-4-11(7-10)16(19)20)9-23-13-6-2-5-12(8-13)17(21)22/h1-8H,9H2,(H,15,18). The molecule has 2 aromatic carbocycles. The average molecular weight is 317 g/mol. The zero-order valence-electron chi connectivity index (χ0n) is 11.7. The minimum atomic E-state index is -0.574. The minimum absolute atomic E-state index is 0.151. The number of benzene rings is 2. The van der Waals surface area contributed by atoms with E-state index in [0.717, 1.165) is 0 Å². The number of hydrogen-bond donors (Lipinski definition) is 1. The van der Waals surface area contributed by atoms with Crippen molar-refractivity contribution in [2.45, 2.75) is 0 Å². The first-order chi connectivity index (χ1) is 11.0. The quantitative estimate of drug-likeness (QED) is 0.644.